The Balaban J connectivity index is 1.92. The van der Waals surface area contributed by atoms with Gasteiger partial charge in [0.05, 0.1) is 0 Å². The number of likely N-dealkylation sites (tertiary alicyclic amines) is 1. The second-order valence-electron chi connectivity index (χ2n) is 6.02. The van der Waals surface area contributed by atoms with E-state index in [1.807, 2.05) is 0 Å². The fraction of sp³-hybridized carbons (Fsp3) is 0.625. The molecule has 3 heteroatoms. The molecule has 0 bridgehead atoms. The molecule has 3 atom stereocenters. The van der Waals surface area contributed by atoms with Gasteiger partial charge in [0.1, 0.15) is 0 Å². The Morgan fingerprint density at radius 3 is 2.53 bits per heavy atom. The van der Waals surface area contributed by atoms with Gasteiger partial charge in [-0.3, -0.25) is 0 Å². The van der Waals surface area contributed by atoms with Crippen molar-refractivity contribution in [2.75, 3.05) is 34.2 Å². The van der Waals surface area contributed by atoms with E-state index in [0.717, 1.165) is 13.1 Å². The van der Waals surface area contributed by atoms with E-state index >= 15 is 0 Å². The van der Waals surface area contributed by atoms with Crippen LogP contribution in [0.4, 0.5) is 0 Å². The Labute approximate surface area is 117 Å². The SMILES string of the molecule is CC1CC(NCC(c2ccccc2)N(C)C)CN1C. The van der Waals surface area contributed by atoms with E-state index in [0.29, 0.717) is 18.1 Å². The molecule has 1 aromatic carbocycles. The first kappa shape index (κ1) is 14.5. The largest absolute Gasteiger partial charge is 0.311 e. The van der Waals surface area contributed by atoms with Crippen LogP contribution in [0.1, 0.15) is 24.9 Å². The van der Waals surface area contributed by atoms with Gasteiger partial charge in [-0.15, -0.1) is 0 Å². The van der Waals surface area contributed by atoms with Gasteiger partial charge in [-0.05, 0) is 40.1 Å². The Hall–Kier alpha value is -0.900. The number of rotatable bonds is 5. The van der Waals surface area contributed by atoms with Crippen molar-refractivity contribution in [2.45, 2.75) is 31.5 Å². The zero-order valence-electron chi connectivity index (χ0n) is 12.6. The van der Waals surface area contributed by atoms with Gasteiger partial charge in [0.25, 0.3) is 0 Å². The average Bonchev–Trinajstić information content (AvgIpc) is 2.70. The van der Waals surface area contributed by atoms with Gasteiger partial charge in [-0.1, -0.05) is 30.3 Å². The lowest BCUT2D eigenvalue weighted by Crippen LogP contribution is -2.38. The van der Waals surface area contributed by atoms with Crippen molar-refractivity contribution in [2.24, 2.45) is 0 Å². The second kappa shape index (κ2) is 6.51. The first-order valence-electron chi connectivity index (χ1n) is 7.23. The van der Waals surface area contributed by atoms with Crippen LogP contribution in [0.2, 0.25) is 0 Å². The molecule has 2 rings (SSSR count). The van der Waals surface area contributed by atoms with Crippen LogP contribution in [0.25, 0.3) is 0 Å². The molecule has 1 aromatic rings. The summed E-state index contributed by atoms with van der Waals surface area (Å²) in [7, 11) is 6.53. The molecule has 3 nitrogen and oxygen atoms in total. The van der Waals surface area contributed by atoms with Crippen LogP contribution in [0.3, 0.4) is 0 Å². The number of benzene rings is 1. The van der Waals surface area contributed by atoms with Crippen LogP contribution in [0.15, 0.2) is 30.3 Å². The highest BCUT2D eigenvalue weighted by Gasteiger charge is 2.26. The molecule has 1 aliphatic heterocycles. The van der Waals surface area contributed by atoms with E-state index < -0.39 is 0 Å². The highest BCUT2D eigenvalue weighted by atomic mass is 15.2. The summed E-state index contributed by atoms with van der Waals surface area (Å²) < 4.78 is 0. The molecule has 1 aliphatic rings. The van der Waals surface area contributed by atoms with E-state index in [1.54, 1.807) is 0 Å². The molecule has 1 N–H and O–H groups in total. The lowest BCUT2D eigenvalue weighted by Gasteiger charge is -2.26. The molecule has 19 heavy (non-hydrogen) atoms. The van der Waals surface area contributed by atoms with Crippen LogP contribution in [-0.2, 0) is 0 Å². The zero-order chi connectivity index (χ0) is 13.8. The van der Waals surface area contributed by atoms with Crippen LogP contribution in [0.5, 0.6) is 0 Å². The summed E-state index contributed by atoms with van der Waals surface area (Å²) in [5.74, 6) is 0. The number of nitrogens with one attached hydrogen (secondary N) is 1. The summed E-state index contributed by atoms with van der Waals surface area (Å²) in [5.41, 5.74) is 1.39. The minimum Gasteiger partial charge on any atom is -0.311 e. The summed E-state index contributed by atoms with van der Waals surface area (Å²) in [5, 5.41) is 3.74. The third-order valence-electron chi connectivity index (χ3n) is 4.29. The van der Waals surface area contributed by atoms with Crippen molar-refractivity contribution in [1.82, 2.24) is 15.1 Å². The van der Waals surface area contributed by atoms with Crippen molar-refractivity contribution < 1.29 is 0 Å². The zero-order valence-corrected chi connectivity index (χ0v) is 12.6. The molecule has 0 amide bonds. The van der Waals surface area contributed by atoms with Crippen LogP contribution < -0.4 is 5.32 Å². The van der Waals surface area contributed by atoms with E-state index in [2.05, 4.69) is 73.5 Å². The van der Waals surface area contributed by atoms with Gasteiger partial charge in [0, 0.05) is 31.2 Å². The fourth-order valence-corrected chi connectivity index (χ4v) is 2.89. The monoisotopic (exact) mass is 261 g/mol. The molecule has 1 fully saturated rings. The summed E-state index contributed by atoms with van der Waals surface area (Å²) in [6, 6.07) is 12.5. The average molecular weight is 261 g/mol. The summed E-state index contributed by atoms with van der Waals surface area (Å²) in [6.07, 6.45) is 1.26. The fourth-order valence-electron chi connectivity index (χ4n) is 2.89. The van der Waals surface area contributed by atoms with Crippen molar-refractivity contribution in [1.29, 1.82) is 0 Å². The predicted octanol–water partition coefficient (Wildman–Crippen LogP) is 1.97. The topological polar surface area (TPSA) is 18.5 Å². The number of hydrogen-bond acceptors (Lipinski definition) is 3. The van der Waals surface area contributed by atoms with Crippen molar-refractivity contribution >= 4 is 0 Å². The lowest BCUT2D eigenvalue weighted by atomic mass is 10.1. The molecule has 1 heterocycles. The maximum absolute atomic E-state index is 3.74. The van der Waals surface area contributed by atoms with E-state index in [-0.39, 0.29) is 0 Å². The van der Waals surface area contributed by atoms with E-state index in [4.69, 9.17) is 0 Å². The maximum Gasteiger partial charge on any atom is 0.0466 e. The first-order valence-corrected chi connectivity index (χ1v) is 7.23. The van der Waals surface area contributed by atoms with Crippen LogP contribution in [-0.4, -0.2) is 56.1 Å². The minimum absolute atomic E-state index is 0.447. The molecule has 0 saturated carbocycles. The maximum atomic E-state index is 3.74. The van der Waals surface area contributed by atoms with Crippen molar-refractivity contribution in [3.8, 4) is 0 Å². The van der Waals surface area contributed by atoms with E-state index in [9.17, 15) is 0 Å². The van der Waals surface area contributed by atoms with Gasteiger partial charge >= 0.3 is 0 Å². The highest BCUT2D eigenvalue weighted by Crippen LogP contribution is 2.19. The number of nitrogens with zero attached hydrogens (tertiary/aromatic N) is 2. The Kier molecular flexibility index (Phi) is 4.97. The van der Waals surface area contributed by atoms with Gasteiger partial charge in [0.15, 0.2) is 0 Å². The van der Waals surface area contributed by atoms with Gasteiger partial charge in [0.2, 0.25) is 0 Å². The first-order chi connectivity index (χ1) is 9.08. The molecular formula is C16H27N3. The highest BCUT2D eigenvalue weighted by molar-refractivity contribution is 5.19. The van der Waals surface area contributed by atoms with E-state index in [1.165, 1.54) is 12.0 Å². The molecular weight excluding hydrogens is 234 g/mol. The molecule has 1 saturated heterocycles. The van der Waals surface area contributed by atoms with Gasteiger partial charge < -0.3 is 15.1 Å². The third-order valence-corrected chi connectivity index (χ3v) is 4.29. The van der Waals surface area contributed by atoms with Gasteiger partial charge in [-0.2, -0.15) is 0 Å². The Morgan fingerprint density at radius 1 is 1.32 bits per heavy atom. The molecule has 106 valence electrons. The molecule has 3 unspecified atom stereocenters. The number of hydrogen-bond donors (Lipinski definition) is 1. The standard InChI is InChI=1S/C16H27N3/c1-13-10-15(12-19(13)4)17-11-16(18(2)3)14-8-6-5-7-9-14/h5-9,13,15-17H,10-12H2,1-4H3. The molecule has 0 spiro atoms. The second-order valence-corrected chi connectivity index (χ2v) is 6.02. The lowest BCUT2D eigenvalue weighted by molar-refractivity contribution is 0.277. The molecule has 0 aromatic heterocycles. The van der Waals surface area contributed by atoms with Crippen molar-refractivity contribution in [3.05, 3.63) is 35.9 Å². The molecule has 0 aliphatic carbocycles. The normalized spacial score (nSPS) is 25.9. The third kappa shape index (κ3) is 3.78. The Morgan fingerprint density at radius 2 is 2.00 bits per heavy atom. The smallest absolute Gasteiger partial charge is 0.0466 e. The predicted molar refractivity (Wildman–Crippen MR) is 81.4 cm³/mol. The van der Waals surface area contributed by atoms with Crippen LogP contribution >= 0.6 is 0 Å². The minimum atomic E-state index is 0.447. The Bertz CT molecular complexity index is 367. The van der Waals surface area contributed by atoms with Crippen molar-refractivity contribution in [3.63, 3.8) is 0 Å². The summed E-state index contributed by atoms with van der Waals surface area (Å²) in [6.45, 7) is 4.49. The quantitative estimate of drug-likeness (QED) is 0.874. The van der Waals surface area contributed by atoms with Gasteiger partial charge in [-0.25, -0.2) is 0 Å². The summed E-state index contributed by atoms with van der Waals surface area (Å²) >= 11 is 0. The number of likely N-dealkylation sites (N-methyl/N-ethyl adjacent to an activating group) is 2. The summed E-state index contributed by atoms with van der Waals surface area (Å²) in [4.78, 5) is 4.73. The molecule has 0 radical (unpaired) electrons. The van der Waals surface area contributed by atoms with Crippen LogP contribution in [0, 0.1) is 0 Å².